The van der Waals surface area contributed by atoms with E-state index in [-0.39, 0.29) is 52.4 Å². The van der Waals surface area contributed by atoms with Crippen LogP contribution < -0.4 is 0 Å². The van der Waals surface area contributed by atoms with Gasteiger partial charge in [0.1, 0.15) is 24.2 Å². The Kier molecular flexibility index (Phi) is 11.0. The van der Waals surface area contributed by atoms with Crippen molar-refractivity contribution in [2.24, 2.45) is 0 Å². The van der Waals surface area contributed by atoms with Crippen LogP contribution in [0.1, 0.15) is 27.7 Å². The van der Waals surface area contributed by atoms with Gasteiger partial charge in [-0.2, -0.15) is 0 Å². The molecule has 12 heteroatoms. The molecular weight excluding hydrogens is 424 g/mol. The first-order chi connectivity index (χ1) is 14.9. The average Bonchev–Trinajstić information content (AvgIpc) is 2.72. The van der Waals surface area contributed by atoms with Crippen LogP contribution in [0.15, 0.2) is 0 Å². The fraction of sp³-hybridized carbons (Fsp3) is 0.800. The van der Waals surface area contributed by atoms with Crippen LogP contribution in [0.3, 0.4) is 0 Å². The molecule has 0 aliphatic carbocycles. The summed E-state index contributed by atoms with van der Waals surface area (Å²) in [5.74, 6) is -4.08. The van der Waals surface area contributed by atoms with Gasteiger partial charge >= 0.3 is 23.9 Å². The number of carboxylic acids is 4. The molecule has 0 aromatic rings. The van der Waals surface area contributed by atoms with Crippen molar-refractivity contribution in [3.8, 4) is 0 Å². The lowest BCUT2D eigenvalue weighted by molar-refractivity contribution is -0.147. The molecule has 0 aromatic carbocycles. The number of aliphatic carboxylic acids is 4. The first-order valence-electron chi connectivity index (χ1n) is 10.7. The Morgan fingerprint density at radius 3 is 0.656 bits per heavy atom. The molecule has 0 aromatic heterocycles. The SMILES string of the molecule is C[C@H](C(=O)O)N1CCN([C@H](C)C(=O)O)CCN([C@H](C)C(=O)O)CCN([C@H](C)C(=O)O)CC1. The maximum absolute atomic E-state index is 11.6. The Morgan fingerprint density at radius 2 is 0.562 bits per heavy atom. The molecule has 0 radical (unpaired) electrons. The van der Waals surface area contributed by atoms with Gasteiger partial charge in [0.15, 0.2) is 0 Å². The lowest BCUT2D eigenvalue weighted by atomic mass is 10.2. The smallest absolute Gasteiger partial charge is 0.320 e. The minimum atomic E-state index is -1.02. The summed E-state index contributed by atoms with van der Waals surface area (Å²) in [6.45, 7) is 8.35. The van der Waals surface area contributed by atoms with Gasteiger partial charge in [-0.25, -0.2) is 0 Å². The molecule has 0 unspecified atom stereocenters. The molecule has 4 atom stereocenters. The van der Waals surface area contributed by atoms with E-state index in [2.05, 4.69) is 0 Å². The molecule has 1 rings (SSSR count). The average molecular weight is 461 g/mol. The number of nitrogens with zero attached hydrogens (tertiary/aromatic N) is 4. The zero-order valence-corrected chi connectivity index (χ0v) is 19.2. The van der Waals surface area contributed by atoms with E-state index in [0.717, 1.165) is 0 Å². The van der Waals surface area contributed by atoms with Gasteiger partial charge in [0, 0.05) is 52.4 Å². The predicted molar refractivity (Wildman–Crippen MR) is 115 cm³/mol. The maximum Gasteiger partial charge on any atom is 0.320 e. The molecule has 1 saturated heterocycles. The van der Waals surface area contributed by atoms with Crippen LogP contribution in [0, 0.1) is 0 Å². The van der Waals surface area contributed by atoms with Gasteiger partial charge in [0.25, 0.3) is 0 Å². The zero-order chi connectivity index (χ0) is 24.6. The standard InChI is InChI=1S/C20H36N4O8/c1-13(17(25)26)21-5-7-22(14(2)18(27)28)9-11-24(16(4)20(31)32)12-10-23(8-6-21)15(3)19(29)30/h13-16H,5-12H2,1-4H3,(H,25,26)(H,27,28)(H,29,30)(H,31,32)/t13-,14-,15-,16-/m1/s1. The lowest BCUT2D eigenvalue weighted by Gasteiger charge is -2.38. The minimum absolute atomic E-state index is 0.273. The second-order valence-corrected chi connectivity index (χ2v) is 8.20. The monoisotopic (exact) mass is 460 g/mol. The molecule has 4 N–H and O–H groups in total. The van der Waals surface area contributed by atoms with Crippen LogP contribution in [-0.2, 0) is 19.2 Å². The second-order valence-electron chi connectivity index (χ2n) is 8.20. The van der Waals surface area contributed by atoms with Crippen LogP contribution in [-0.4, -0.2) is 140 Å². The largest absolute Gasteiger partial charge is 0.480 e. The van der Waals surface area contributed by atoms with Gasteiger partial charge in [-0.05, 0) is 27.7 Å². The Morgan fingerprint density at radius 1 is 0.438 bits per heavy atom. The van der Waals surface area contributed by atoms with E-state index in [4.69, 9.17) is 0 Å². The predicted octanol–water partition coefficient (Wildman–Crippen LogP) is -0.900. The molecular formula is C20H36N4O8. The van der Waals surface area contributed by atoms with Gasteiger partial charge in [-0.15, -0.1) is 0 Å². The highest BCUT2D eigenvalue weighted by Crippen LogP contribution is 2.10. The summed E-state index contributed by atoms with van der Waals surface area (Å²) in [6.07, 6.45) is 0. The fourth-order valence-electron chi connectivity index (χ4n) is 3.65. The van der Waals surface area contributed by atoms with E-state index in [1.807, 2.05) is 0 Å². The Labute approximate surface area is 188 Å². The minimum Gasteiger partial charge on any atom is -0.480 e. The molecule has 0 bridgehead atoms. The van der Waals surface area contributed by atoms with Crippen molar-refractivity contribution in [1.82, 2.24) is 19.6 Å². The highest BCUT2D eigenvalue weighted by Gasteiger charge is 2.30. The van der Waals surface area contributed by atoms with E-state index in [0.29, 0.717) is 0 Å². The summed E-state index contributed by atoms with van der Waals surface area (Å²) in [5, 5.41) is 37.9. The second kappa shape index (κ2) is 12.7. The van der Waals surface area contributed by atoms with E-state index in [9.17, 15) is 39.6 Å². The van der Waals surface area contributed by atoms with Crippen LogP contribution in [0.5, 0.6) is 0 Å². The summed E-state index contributed by atoms with van der Waals surface area (Å²) < 4.78 is 0. The number of rotatable bonds is 8. The normalized spacial score (nSPS) is 22.6. The first-order valence-corrected chi connectivity index (χ1v) is 10.7. The molecule has 1 fully saturated rings. The molecule has 12 nitrogen and oxygen atoms in total. The van der Waals surface area contributed by atoms with Gasteiger partial charge in [0.2, 0.25) is 0 Å². The van der Waals surface area contributed by atoms with Gasteiger partial charge < -0.3 is 20.4 Å². The summed E-state index contributed by atoms with van der Waals surface area (Å²) >= 11 is 0. The van der Waals surface area contributed by atoms with Crippen LogP contribution in [0.2, 0.25) is 0 Å². The molecule has 32 heavy (non-hydrogen) atoms. The third-order valence-corrected chi connectivity index (χ3v) is 6.32. The van der Waals surface area contributed by atoms with E-state index < -0.39 is 48.0 Å². The molecule has 1 aliphatic heterocycles. The van der Waals surface area contributed by atoms with Crippen LogP contribution in [0.25, 0.3) is 0 Å². The van der Waals surface area contributed by atoms with Crippen molar-refractivity contribution in [3.63, 3.8) is 0 Å². The topological polar surface area (TPSA) is 162 Å². The number of hydrogen-bond donors (Lipinski definition) is 4. The molecule has 0 spiro atoms. The fourth-order valence-corrected chi connectivity index (χ4v) is 3.65. The summed E-state index contributed by atoms with van der Waals surface area (Å²) in [4.78, 5) is 53.1. The van der Waals surface area contributed by atoms with Gasteiger partial charge in [0.05, 0.1) is 0 Å². The van der Waals surface area contributed by atoms with Crippen LogP contribution >= 0.6 is 0 Å². The summed E-state index contributed by atoms with van der Waals surface area (Å²) in [6, 6.07) is -3.31. The summed E-state index contributed by atoms with van der Waals surface area (Å²) in [5.41, 5.74) is 0. The number of hydrogen-bond acceptors (Lipinski definition) is 8. The van der Waals surface area contributed by atoms with Crippen molar-refractivity contribution < 1.29 is 39.6 Å². The Bertz CT molecular complexity index is 548. The number of carboxylic acid groups (broad SMARTS) is 4. The Hall–Kier alpha value is -2.28. The number of carbonyl (C=O) groups is 4. The quantitative estimate of drug-likeness (QED) is 0.354. The highest BCUT2D eigenvalue weighted by molar-refractivity contribution is 5.74. The van der Waals surface area contributed by atoms with E-state index in [1.54, 1.807) is 47.3 Å². The first kappa shape index (κ1) is 27.8. The molecule has 1 heterocycles. The molecule has 1 aliphatic rings. The van der Waals surface area contributed by atoms with E-state index >= 15 is 0 Å². The van der Waals surface area contributed by atoms with E-state index in [1.165, 1.54) is 0 Å². The van der Waals surface area contributed by atoms with Crippen molar-refractivity contribution >= 4 is 23.9 Å². The van der Waals surface area contributed by atoms with Crippen molar-refractivity contribution in [2.45, 2.75) is 51.9 Å². The maximum atomic E-state index is 11.6. The van der Waals surface area contributed by atoms with Crippen molar-refractivity contribution in [2.75, 3.05) is 52.4 Å². The van der Waals surface area contributed by atoms with Gasteiger partial charge in [-0.3, -0.25) is 38.8 Å². The van der Waals surface area contributed by atoms with Crippen molar-refractivity contribution in [3.05, 3.63) is 0 Å². The molecule has 0 saturated carbocycles. The third kappa shape index (κ3) is 8.01. The van der Waals surface area contributed by atoms with Gasteiger partial charge in [-0.1, -0.05) is 0 Å². The lowest BCUT2D eigenvalue weighted by Crippen LogP contribution is -2.55. The van der Waals surface area contributed by atoms with Crippen molar-refractivity contribution in [1.29, 1.82) is 0 Å². The third-order valence-electron chi connectivity index (χ3n) is 6.32. The molecule has 184 valence electrons. The molecule has 0 amide bonds. The van der Waals surface area contributed by atoms with Crippen LogP contribution in [0.4, 0.5) is 0 Å². The Balaban J connectivity index is 3.21. The highest BCUT2D eigenvalue weighted by atomic mass is 16.4. The summed E-state index contributed by atoms with van der Waals surface area (Å²) in [7, 11) is 0. The zero-order valence-electron chi connectivity index (χ0n) is 19.2.